The van der Waals surface area contributed by atoms with Crippen LogP contribution in [0.4, 0.5) is 5.13 Å². The Morgan fingerprint density at radius 2 is 1.83 bits per heavy atom. The van der Waals surface area contributed by atoms with Gasteiger partial charge in [-0.25, -0.2) is 4.98 Å². The standard InChI is InChI=1S/C23H21N3OS2/c1-3-16-10-12-17(13-11-16)14-20-21(27)26(4-2)23(29-20)25-22-24-19(15-28-22)18-8-6-5-7-9-18/h5-15H,3-4H2,1-2H3/b20-14-,25-23+. The van der Waals surface area contributed by atoms with E-state index in [-0.39, 0.29) is 5.91 Å². The summed E-state index contributed by atoms with van der Waals surface area (Å²) in [6, 6.07) is 18.3. The van der Waals surface area contributed by atoms with Gasteiger partial charge in [0.2, 0.25) is 5.13 Å². The van der Waals surface area contributed by atoms with Crippen molar-refractivity contribution in [2.24, 2.45) is 4.99 Å². The molecule has 4 nitrogen and oxygen atoms in total. The summed E-state index contributed by atoms with van der Waals surface area (Å²) >= 11 is 2.90. The molecule has 1 aromatic heterocycles. The van der Waals surface area contributed by atoms with Gasteiger partial charge >= 0.3 is 0 Å². The number of nitrogens with zero attached hydrogens (tertiary/aromatic N) is 3. The molecule has 6 heteroatoms. The maximum atomic E-state index is 12.8. The lowest BCUT2D eigenvalue weighted by atomic mass is 10.1. The smallest absolute Gasteiger partial charge is 0.266 e. The number of benzene rings is 2. The zero-order valence-corrected chi connectivity index (χ0v) is 18.0. The van der Waals surface area contributed by atoms with Crippen molar-refractivity contribution in [1.82, 2.24) is 9.88 Å². The minimum atomic E-state index is -0.00402. The molecule has 29 heavy (non-hydrogen) atoms. The molecule has 0 atom stereocenters. The van der Waals surface area contributed by atoms with Crippen LogP contribution in [0.15, 0.2) is 69.9 Å². The summed E-state index contributed by atoms with van der Waals surface area (Å²) in [5.41, 5.74) is 4.27. The van der Waals surface area contributed by atoms with Gasteiger partial charge in [-0.2, -0.15) is 4.99 Å². The van der Waals surface area contributed by atoms with Gasteiger partial charge in [0.1, 0.15) is 0 Å². The summed E-state index contributed by atoms with van der Waals surface area (Å²) in [5, 5.41) is 3.34. The van der Waals surface area contributed by atoms with Gasteiger partial charge in [-0.15, -0.1) is 11.3 Å². The average Bonchev–Trinajstić information content (AvgIpc) is 3.34. The number of carbonyl (C=O) groups excluding carboxylic acids is 1. The fraction of sp³-hybridized carbons (Fsp3) is 0.174. The van der Waals surface area contributed by atoms with Gasteiger partial charge in [0.15, 0.2) is 5.17 Å². The van der Waals surface area contributed by atoms with Crippen molar-refractivity contribution in [2.45, 2.75) is 20.3 Å². The zero-order chi connectivity index (χ0) is 20.2. The van der Waals surface area contributed by atoms with Crippen LogP contribution in [0.3, 0.4) is 0 Å². The average molecular weight is 420 g/mol. The molecule has 1 aliphatic rings. The number of thioether (sulfide) groups is 1. The first-order valence-corrected chi connectivity index (χ1v) is 11.3. The lowest BCUT2D eigenvalue weighted by molar-refractivity contribution is -0.122. The third kappa shape index (κ3) is 4.33. The van der Waals surface area contributed by atoms with E-state index >= 15 is 0 Å². The Hall–Kier alpha value is -2.70. The van der Waals surface area contributed by atoms with E-state index in [2.05, 4.69) is 41.2 Å². The first-order chi connectivity index (χ1) is 14.2. The van der Waals surface area contributed by atoms with Crippen LogP contribution >= 0.6 is 23.1 Å². The highest BCUT2D eigenvalue weighted by molar-refractivity contribution is 8.18. The number of aryl methyl sites for hydroxylation is 1. The molecule has 4 rings (SSSR count). The van der Waals surface area contributed by atoms with Crippen molar-refractivity contribution in [2.75, 3.05) is 6.54 Å². The fourth-order valence-electron chi connectivity index (χ4n) is 3.01. The second-order valence-corrected chi connectivity index (χ2v) is 8.38. The summed E-state index contributed by atoms with van der Waals surface area (Å²) in [6.07, 6.45) is 2.94. The van der Waals surface area contributed by atoms with Crippen LogP contribution in [-0.4, -0.2) is 27.5 Å². The van der Waals surface area contributed by atoms with Crippen molar-refractivity contribution in [3.63, 3.8) is 0 Å². The van der Waals surface area contributed by atoms with Crippen LogP contribution in [-0.2, 0) is 11.2 Å². The molecular formula is C23H21N3OS2. The van der Waals surface area contributed by atoms with Crippen LogP contribution in [0.5, 0.6) is 0 Å². The van der Waals surface area contributed by atoms with Crippen molar-refractivity contribution >= 4 is 45.4 Å². The van der Waals surface area contributed by atoms with Crippen LogP contribution in [0.2, 0.25) is 0 Å². The minimum Gasteiger partial charge on any atom is -0.287 e. The SMILES string of the molecule is CCc1ccc(/C=C2\S/C(=N/c3nc(-c4ccccc4)cs3)N(CC)C2=O)cc1. The van der Waals surface area contributed by atoms with E-state index in [1.54, 1.807) is 4.90 Å². The molecule has 0 radical (unpaired) electrons. The molecule has 1 aliphatic heterocycles. The lowest BCUT2D eigenvalue weighted by Gasteiger charge is -2.11. The van der Waals surface area contributed by atoms with Gasteiger partial charge in [0.25, 0.3) is 5.91 Å². The third-order valence-electron chi connectivity index (χ3n) is 4.64. The molecule has 0 bridgehead atoms. The molecule has 0 saturated carbocycles. The quantitative estimate of drug-likeness (QED) is 0.477. The molecule has 1 fully saturated rings. The van der Waals surface area contributed by atoms with E-state index in [1.807, 2.05) is 48.7 Å². The van der Waals surface area contributed by atoms with Crippen molar-refractivity contribution in [1.29, 1.82) is 0 Å². The number of aliphatic imine (C=N–C) groups is 1. The van der Waals surface area contributed by atoms with Crippen molar-refractivity contribution in [3.05, 3.63) is 76.0 Å². The van der Waals surface area contributed by atoms with Gasteiger partial charge in [-0.1, -0.05) is 61.5 Å². The maximum absolute atomic E-state index is 12.8. The molecule has 2 heterocycles. The Bertz CT molecular complexity index is 1070. The maximum Gasteiger partial charge on any atom is 0.266 e. The largest absolute Gasteiger partial charge is 0.287 e. The number of thiazole rings is 1. The Morgan fingerprint density at radius 1 is 1.07 bits per heavy atom. The van der Waals surface area contributed by atoms with Crippen LogP contribution < -0.4 is 0 Å². The van der Waals surface area contributed by atoms with E-state index in [1.165, 1.54) is 28.7 Å². The molecule has 2 aromatic carbocycles. The molecule has 0 unspecified atom stereocenters. The first kappa shape index (κ1) is 19.6. The van der Waals surface area contributed by atoms with E-state index in [4.69, 9.17) is 0 Å². The number of hydrogen-bond donors (Lipinski definition) is 0. The number of carbonyl (C=O) groups is 1. The van der Waals surface area contributed by atoms with E-state index < -0.39 is 0 Å². The van der Waals surface area contributed by atoms with E-state index in [9.17, 15) is 4.79 Å². The van der Waals surface area contributed by atoms with Gasteiger partial charge in [-0.3, -0.25) is 9.69 Å². The lowest BCUT2D eigenvalue weighted by Crippen LogP contribution is -2.28. The second-order valence-electron chi connectivity index (χ2n) is 6.53. The normalized spacial score (nSPS) is 16.9. The van der Waals surface area contributed by atoms with E-state index in [0.717, 1.165) is 23.2 Å². The van der Waals surface area contributed by atoms with E-state index in [0.29, 0.717) is 21.7 Å². The van der Waals surface area contributed by atoms with Crippen molar-refractivity contribution in [3.8, 4) is 11.3 Å². The number of rotatable bonds is 5. The number of likely N-dealkylation sites (N-methyl/N-ethyl adjacent to an activating group) is 1. The van der Waals surface area contributed by atoms with Crippen LogP contribution in [0, 0.1) is 0 Å². The number of aromatic nitrogens is 1. The van der Waals surface area contributed by atoms with Gasteiger partial charge in [0, 0.05) is 17.5 Å². The molecule has 1 amide bonds. The fourth-order valence-corrected chi connectivity index (χ4v) is 4.81. The Morgan fingerprint density at radius 3 is 2.52 bits per heavy atom. The molecule has 0 aliphatic carbocycles. The molecule has 1 saturated heterocycles. The number of hydrogen-bond acceptors (Lipinski definition) is 5. The summed E-state index contributed by atoms with van der Waals surface area (Å²) in [5.74, 6) is -0.00402. The van der Waals surface area contributed by atoms with Gasteiger partial charge in [-0.05, 0) is 42.3 Å². The number of amides is 1. The van der Waals surface area contributed by atoms with Gasteiger partial charge in [0.05, 0.1) is 10.6 Å². The minimum absolute atomic E-state index is 0.00402. The van der Waals surface area contributed by atoms with Crippen LogP contribution in [0.25, 0.3) is 17.3 Å². The Kier molecular flexibility index (Phi) is 5.92. The highest BCUT2D eigenvalue weighted by atomic mass is 32.2. The molecule has 146 valence electrons. The second kappa shape index (κ2) is 8.76. The molecule has 0 N–H and O–H groups in total. The molecule has 3 aromatic rings. The monoisotopic (exact) mass is 419 g/mol. The predicted octanol–water partition coefficient (Wildman–Crippen LogP) is 6.00. The summed E-state index contributed by atoms with van der Waals surface area (Å²) in [4.78, 5) is 24.5. The predicted molar refractivity (Wildman–Crippen MR) is 123 cm³/mol. The summed E-state index contributed by atoms with van der Waals surface area (Å²) in [7, 11) is 0. The highest BCUT2D eigenvalue weighted by Crippen LogP contribution is 2.35. The third-order valence-corrected chi connectivity index (χ3v) is 6.38. The van der Waals surface area contributed by atoms with Gasteiger partial charge < -0.3 is 0 Å². The topological polar surface area (TPSA) is 45.6 Å². The first-order valence-electron chi connectivity index (χ1n) is 9.58. The summed E-state index contributed by atoms with van der Waals surface area (Å²) < 4.78 is 0. The molecular weight excluding hydrogens is 398 g/mol. The Labute approximate surface area is 179 Å². The Balaban J connectivity index is 1.59. The number of amidine groups is 1. The molecule has 0 spiro atoms. The summed E-state index contributed by atoms with van der Waals surface area (Å²) in [6.45, 7) is 4.67. The zero-order valence-electron chi connectivity index (χ0n) is 16.3. The highest BCUT2D eigenvalue weighted by Gasteiger charge is 2.32. The van der Waals surface area contributed by atoms with Crippen LogP contribution in [0.1, 0.15) is 25.0 Å². The van der Waals surface area contributed by atoms with Crippen molar-refractivity contribution < 1.29 is 4.79 Å².